The van der Waals surface area contributed by atoms with Crippen molar-refractivity contribution in [2.75, 3.05) is 26.2 Å². The van der Waals surface area contributed by atoms with Gasteiger partial charge in [-0.1, -0.05) is 12.1 Å². The third-order valence-corrected chi connectivity index (χ3v) is 3.98. The van der Waals surface area contributed by atoms with Gasteiger partial charge >= 0.3 is 0 Å². The van der Waals surface area contributed by atoms with Crippen molar-refractivity contribution in [1.29, 1.82) is 0 Å². The van der Waals surface area contributed by atoms with Crippen molar-refractivity contribution in [3.05, 3.63) is 29.3 Å². The summed E-state index contributed by atoms with van der Waals surface area (Å²) in [6, 6.07) is 5.83. The first-order valence-electron chi connectivity index (χ1n) is 7.24. The molecule has 1 aliphatic rings. The maximum absolute atomic E-state index is 12.4. The number of ether oxygens (including phenoxy) is 1. The molecule has 0 radical (unpaired) electrons. The lowest BCUT2D eigenvalue weighted by Crippen LogP contribution is -2.51. The summed E-state index contributed by atoms with van der Waals surface area (Å²) in [4.78, 5) is 26.5. The summed E-state index contributed by atoms with van der Waals surface area (Å²) in [7, 11) is 0. The average molecular weight is 290 g/mol. The molecule has 0 spiro atoms. The number of amides is 2. The SMILES string of the molecule is Cc1cccc(OC(C)C(=O)N2CCN(C=O)CC2)c1C. The molecule has 1 saturated heterocycles. The van der Waals surface area contributed by atoms with Gasteiger partial charge in [0.05, 0.1) is 0 Å². The van der Waals surface area contributed by atoms with Crippen LogP contribution in [-0.2, 0) is 9.59 Å². The van der Waals surface area contributed by atoms with E-state index >= 15 is 0 Å². The number of aryl methyl sites for hydroxylation is 1. The van der Waals surface area contributed by atoms with Crippen LogP contribution in [0.5, 0.6) is 5.75 Å². The highest BCUT2D eigenvalue weighted by atomic mass is 16.5. The van der Waals surface area contributed by atoms with Gasteiger partial charge in [-0.05, 0) is 38.0 Å². The Balaban J connectivity index is 1.97. The Morgan fingerprint density at radius 3 is 2.52 bits per heavy atom. The summed E-state index contributed by atoms with van der Waals surface area (Å²) >= 11 is 0. The van der Waals surface area contributed by atoms with Crippen molar-refractivity contribution in [2.24, 2.45) is 0 Å². The van der Waals surface area contributed by atoms with Gasteiger partial charge in [-0.2, -0.15) is 0 Å². The van der Waals surface area contributed by atoms with Crippen molar-refractivity contribution < 1.29 is 14.3 Å². The predicted molar refractivity (Wildman–Crippen MR) is 80.2 cm³/mol. The summed E-state index contributed by atoms with van der Waals surface area (Å²) in [5, 5.41) is 0. The standard InChI is InChI=1S/C16H22N2O3/c1-12-5-4-6-15(13(12)2)21-14(3)16(20)18-9-7-17(11-19)8-10-18/h4-6,11,14H,7-10H2,1-3H3. The third-order valence-electron chi connectivity index (χ3n) is 3.98. The molecule has 21 heavy (non-hydrogen) atoms. The van der Waals surface area contributed by atoms with E-state index in [2.05, 4.69) is 0 Å². The van der Waals surface area contributed by atoms with E-state index < -0.39 is 6.10 Å². The molecule has 1 unspecified atom stereocenters. The van der Waals surface area contributed by atoms with E-state index in [0.717, 1.165) is 23.3 Å². The summed E-state index contributed by atoms with van der Waals surface area (Å²) in [6.07, 6.45) is 0.311. The van der Waals surface area contributed by atoms with Gasteiger partial charge in [0, 0.05) is 26.2 Å². The Hall–Kier alpha value is -2.04. The molecule has 0 aliphatic carbocycles. The molecule has 1 heterocycles. The Morgan fingerprint density at radius 2 is 1.90 bits per heavy atom. The fraction of sp³-hybridized carbons (Fsp3) is 0.500. The lowest BCUT2D eigenvalue weighted by Gasteiger charge is -2.34. The van der Waals surface area contributed by atoms with Gasteiger partial charge in [0.25, 0.3) is 5.91 Å². The number of benzene rings is 1. The Labute approximate surface area is 125 Å². The van der Waals surface area contributed by atoms with Crippen LogP contribution in [0.25, 0.3) is 0 Å². The first-order chi connectivity index (χ1) is 10.0. The molecule has 1 aromatic carbocycles. The minimum absolute atomic E-state index is 0.0264. The number of hydrogen-bond donors (Lipinski definition) is 0. The van der Waals surface area contributed by atoms with Crippen molar-refractivity contribution in [3.8, 4) is 5.75 Å². The van der Waals surface area contributed by atoms with Gasteiger partial charge in [0.15, 0.2) is 6.10 Å². The maximum atomic E-state index is 12.4. The number of piperazine rings is 1. The molecular formula is C16H22N2O3. The molecule has 0 aromatic heterocycles. The van der Waals surface area contributed by atoms with Crippen molar-refractivity contribution in [2.45, 2.75) is 26.9 Å². The summed E-state index contributed by atoms with van der Waals surface area (Å²) in [6.45, 7) is 8.10. The second kappa shape index (κ2) is 6.61. The fourth-order valence-corrected chi connectivity index (χ4v) is 2.40. The number of rotatable bonds is 4. The molecule has 2 rings (SSSR count). The first kappa shape index (κ1) is 15.4. The number of nitrogens with zero attached hydrogens (tertiary/aromatic N) is 2. The molecule has 1 aromatic rings. The van der Waals surface area contributed by atoms with E-state index in [1.54, 1.807) is 16.7 Å². The van der Waals surface area contributed by atoms with E-state index in [-0.39, 0.29) is 5.91 Å². The van der Waals surface area contributed by atoms with E-state index in [1.165, 1.54) is 0 Å². The highest BCUT2D eigenvalue weighted by molar-refractivity contribution is 5.81. The van der Waals surface area contributed by atoms with Crippen LogP contribution in [-0.4, -0.2) is 54.4 Å². The second-order valence-corrected chi connectivity index (χ2v) is 5.42. The molecule has 1 fully saturated rings. The molecule has 1 atom stereocenters. The zero-order valence-electron chi connectivity index (χ0n) is 12.8. The average Bonchev–Trinajstić information content (AvgIpc) is 2.51. The molecule has 5 heteroatoms. The molecule has 2 amide bonds. The van der Waals surface area contributed by atoms with Crippen molar-refractivity contribution in [3.63, 3.8) is 0 Å². The topological polar surface area (TPSA) is 49.9 Å². The second-order valence-electron chi connectivity index (χ2n) is 5.42. The van der Waals surface area contributed by atoms with Gasteiger partial charge < -0.3 is 14.5 Å². The Bertz CT molecular complexity index is 522. The molecule has 0 N–H and O–H groups in total. The first-order valence-corrected chi connectivity index (χ1v) is 7.24. The quantitative estimate of drug-likeness (QED) is 0.787. The van der Waals surface area contributed by atoms with Gasteiger partial charge in [-0.3, -0.25) is 9.59 Å². The zero-order chi connectivity index (χ0) is 15.4. The molecule has 5 nitrogen and oxygen atoms in total. The predicted octanol–water partition coefficient (Wildman–Crippen LogP) is 1.37. The van der Waals surface area contributed by atoms with E-state index in [9.17, 15) is 9.59 Å². The minimum atomic E-state index is -0.520. The maximum Gasteiger partial charge on any atom is 0.263 e. The highest BCUT2D eigenvalue weighted by Gasteiger charge is 2.25. The highest BCUT2D eigenvalue weighted by Crippen LogP contribution is 2.22. The molecule has 0 saturated carbocycles. The third kappa shape index (κ3) is 3.54. The van der Waals surface area contributed by atoms with Crippen LogP contribution in [0.3, 0.4) is 0 Å². The lowest BCUT2D eigenvalue weighted by atomic mass is 10.1. The van der Waals surface area contributed by atoms with E-state index in [1.807, 2.05) is 32.0 Å². The number of carbonyl (C=O) groups excluding carboxylic acids is 2. The molecule has 0 bridgehead atoms. The van der Waals surface area contributed by atoms with Gasteiger partial charge in [-0.15, -0.1) is 0 Å². The molecular weight excluding hydrogens is 268 g/mol. The smallest absolute Gasteiger partial charge is 0.263 e. The van der Waals surface area contributed by atoms with Gasteiger partial charge in [0.2, 0.25) is 6.41 Å². The number of carbonyl (C=O) groups is 2. The van der Waals surface area contributed by atoms with Crippen LogP contribution in [0, 0.1) is 13.8 Å². The largest absolute Gasteiger partial charge is 0.481 e. The van der Waals surface area contributed by atoms with Gasteiger partial charge in [0.1, 0.15) is 5.75 Å². The van der Waals surface area contributed by atoms with Crippen LogP contribution in [0.15, 0.2) is 18.2 Å². The van der Waals surface area contributed by atoms with E-state index in [0.29, 0.717) is 26.2 Å². The van der Waals surface area contributed by atoms with Gasteiger partial charge in [-0.25, -0.2) is 0 Å². The van der Waals surface area contributed by atoms with Crippen LogP contribution in [0.2, 0.25) is 0 Å². The normalized spacial score (nSPS) is 16.5. The summed E-state index contributed by atoms with van der Waals surface area (Å²) in [5.74, 6) is 0.726. The monoisotopic (exact) mass is 290 g/mol. The van der Waals surface area contributed by atoms with Crippen LogP contribution in [0.1, 0.15) is 18.1 Å². The van der Waals surface area contributed by atoms with Crippen molar-refractivity contribution in [1.82, 2.24) is 9.80 Å². The Morgan fingerprint density at radius 1 is 1.24 bits per heavy atom. The zero-order valence-corrected chi connectivity index (χ0v) is 12.8. The lowest BCUT2D eigenvalue weighted by molar-refractivity contribution is -0.141. The summed E-state index contributed by atoms with van der Waals surface area (Å²) < 4.78 is 5.82. The fourth-order valence-electron chi connectivity index (χ4n) is 2.40. The van der Waals surface area contributed by atoms with Crippen LogP contribution < -0.4 is 4.74 Å². The number of hydrogen-bond acceptors (Lipinski definition) is 3. The van der Waals surface area contributed by atoms with Crippen molar-refractivity contribution >= 4 is 12.3 Å². The van der Waals surface area contributed by atoms with E-state index in [4.69, 9.17) is 4.74 Å². The summed E-state index contributed by atoms with van der Waals surface area (Å²) in [5.41, 5.74) is 2.20. The minimum Gasteiger partial charge on any atom is -0.481 e. The van der Waals surface area contributed by atoms with Crippen LogP contribution in [0.4, 0.5) is 0 Å². The van der Waals surface area contributed by atoms with Crippen LogP contribution >= 0.6 is 0 Å². The Kier molecular flexibility index (Phi) is 4.83. The molecule has 1 aliphatic heterocycles. The molecule has 114 valence electrons.